The lowest BCUT2D eigenvalue weighted by atomic mass is 9.78. The highest BCUT2D eigenvalue weighted by atomic mass is 32.1. The largest absolute Gasteiger partial charge is 0.382 e. The van der Waals surface area contributed by atoms with Crippen molar-refractivity contribution in [2.75, 3.05) is 11.1 Å². The van der Waals surface area contributed by atoms with Gasteiger partial charge in [-0.1, -0.05) is 26.7 Å². The number of anilines is 2. The smallest absolute Gasteiger partial charge is 0.157 e. The molecule has 1 fully saturated rings. The Labute approximate surface area is 106 Å². The number of hydrogen-bond donors (Lipinski definition) is 2. The number of nitriles is 1. The van der Waals surface area contributed by atoms with E-state index in [-0.39, 0.29) is 0 Å². The van der Waals surface area contributed by atoms with Gasteiger partial charge in [-0.15, -0.1) is 0 Å². The van der Waals surface area contributed by atoms with E-state index in [4.69, 9.17) is 11.0 Å². The van der Waals surface area contributed by atoms with Crippen LogP contribution in [0.25, 0.3) is 0 Å². The summed E-state index contributed by atoms with van der Waals surface area (Å²) in [5, 5.41) is 13.3. The van der Waals surface area contributed by atoms with Crippen LogP contribution in [0.1, 0.15) is 38.7 Å². The molecule has 1 aromatic heterocycles. The van der Waals surface area contributed by atoms with Crippen molar-refractivity contribution in [3.05, 3.63) is 5.56 Å². The van der Waals surface area contributed by atoms with Gasteiger partial charge in [-0.3, -0.25) is 0 Å². The van der Waals surface area contributed by atoms with Crippen molar-refractivity contribution in [3.63, 3.8) is 0 Å². The van der Waals surface area contributed by atoms with E-state index >= 15 is 0 Å². The first-order valence-electron chi connectivity index (χ1n) is 6.05. The monoisotopic (exact) mass is 250 g/mol. The van der Waals surface area contributed by atoms with Crippen LogP contribution in [0.3, 0.4) is 0 Å². The van der Waals surface area contributed by atoms with Crippen LogP contribution in [-0.2, 0) is 0 Å². The van der Waals surface area contributed by atoms with E-state index in [9.17, 15) is 0 Å². The van der Waals surface area contributed by atoms with Crippen LogP contribution >= 0.6 is 11.5 Å². The lowest BCUT2D eigenvalue weighted by molar-refractivity contribution is 0.253. The molecule has 1 heterocycles. The van der Waals surface area contributed by atoms with Gasteiger partial charge in [0.05, 0.1) is 0 Å². The van der Waals surface area contributed by atoms with Gasteiger partial charge in [-0.25, -0.2) is 0 Å². The average Bonchev–Trinajstić information content (AvgIpc) is 2.66. The topological polar surface area (TPSA) is 74.7 Å². The van der Waals surface area contributed by atoms with Crippen molar-refractivity contribution in [2.45, 2.75) is 39.2 Å². The molecule has 0 bridgehead atoms. The van der Waals surface area contributed by atoms with Crippen LogP contribution < -0.4 is 11.1 Å². The highest BCUT2D eigenvalue weighted by Crippen LogP contribution is 2.34. The van der Waals surface area contributed by atoms with Gasteiger partial charge in [0.25, 0.3) is 0 Å². The Balaban J connectivity index is 2.12. The summed E-state index contributed by atoms with van der Waals surface area (Å²) in [5.41, 5.74) is 6.16. The molecule has 4 nitrogen and oxygen atoms in total. The highest BCUT2D eigenvalue weighted by Gasteiger charge is 2.28. The summed E-state index contributed by atoms with van der Waals surface area (Å²) in [4.78, 5) is 0. The molecule has 0 aromatic carbocycles. The fraction of sp³-hybridized carbons (Fsp3) is 0.667. The highest BCUT2D eigenvalue weighted by molar-refractivity contribution is 7.10. The van der Waals surface area contributed by atoms with Crippen LogP contribution in [0, 0.1) is 23.2 Å². The van der Waals surface area contributed by atoms with Gasteiger partial charge < -0.3 is 11.1 Å². The quantitative estimate of drug-likeness (QED) is 0.846. The Morgan fingerprint density at radius 1 is 1.47 bits per heavy atom. The minimum absolute atomic E-state index is 0.344. The van der Waals surface area contributed by atoms with Crippen molar-refractivity contribution in [3.8, 4) is 6.07 Å². The molecule has 0 aliphatic heterocycles. The molecule has 0 saturated heterocycles. The fourth-order valence-corrected chi connectivity index (χ4v) is 3.19. The lowest BCUT2D eigenvalue weighted by Gasteiger charge is -2.34. The van der Waals surface area contributed by atoms with E-state index in [1.807, 2.05) is 0 Å². The van der Waals surface area contributed by atoms with Gasteiger partial charge in [0.2, 0.25) is 0 Å². The molecule has 1 aliphatic rings. The van der Waals surface area contributed by atoms with Crippen LogP contribution in [-0.4, -0.2) is 10.4 Å². The van der Waals surface area contributed by atoms with Crippen molar-refractivity contribution in [1.82, 2.24) is 4.37 Å². The number of nitrogens with one attached hydrogen (secondary N) is 1. The summed E-state index contributed by atoms with van der Waals surface area (Å²) in [7, 11) is 0. The minimum Gasteiger partial charge on any atom is -0.382 e. The maximum atomic E-state index is 9.03. The summed E-state index contributed by atoms with van der Waals surface area (Å²) in [6.45, 7) is 4.57. The number of nitrogens with two attached hydrogens (primary N) is 1. The summed E-state index contributed by atoms with van der Waals surface area (Å²) in [5.74, 6) is 1.70. The van der Waals surface area contributed by atoms with Crippen LogP contribution in [0.2, 0.25) is 0 Å². The minimum atomic E-state index is 0.344. The molecule has 3 N–H and O–H groups in total. The summed E-state index contributed by atoms with van der Waals surface area (Å²) < 4.78 is 4.03. The second kappa shape index (κ2) is 4.92. The maximum Gasteiger partial charge on any atom is 0.157 e. The van der Waals surface area contributed by atoms with Crippen LogP contribution in [0.15, 0.2) is 0 Å². The maximum absolute atomic E-state index is 9.03. The second-order valence-electron chi connectivity index (χ2n) is 4.90. The van der Waals surface area contributed by atoms with E-state index in [0.717, 1.165) is 17.3 Å². The molecule has 0 spiro atoms. The number of nitrogens with zero attached hydrogens (tertiary/aromatic N) is 2. The zero-order valence-electron chi connectivity index (χ0n) is 10.2. The standard InChI is InChI=1S/C12H18N4S/c1-7-4-3-5-10(8(7)2)15-12-9(6-13)11(14)16-17-12/h7-8,10,15H,3-5H2,1-2H3,(H2,14,16). The number of hydrogen-bond acceptors (Lipinski definition) is 5. The first-order valence-corrected chi connectivity index (χ1v) is 6.82. The van der Waals surface area contributed by atoms with Crippen molar-refractivity contribution < 1.29 is 0 Å². The van der Waals surface area contributed by atoms with Gasteiger partial charge in [0.15, 0.2) is 5.82 Å². The molecule has 0 radical (unpaired) electrons. The third-order valence-electron chi connectivity index (χ3n) is 3.85. The Bertz CT molecular complexity index is 434. The van der Waals surface area contributed by atoms with Crippen molar-refractivity contribution in [1.29, 1.82) is 5.26 Å². The summed E-state index contributed by atoms with van der Waals surface area (Å²) in [6.07, 6.45) is 3.71. The van der Waals surface area contributed by atoms with Gasteiger partial charge >= 0.3 is 0 Å². The van der Waals surface area contributed by atoms with E-state index in [1.54, 1.807) is 0 Å². The first-order chi connectivity index (χ1) is 8.13. The average molecular weight is 250 g/mol. The van der Waals surface area contributed by atoms with Gasteiger partial charge in [-0.05, 0) is 29.8 Å². The van der Waals surface area contributed by atoms with Crippen LogP contribution in [0.5, 0.6) is 0 Å². The molecular weight excluding hydrogens is 232 g/mol. The Kier molecular flexibility index (Phi) is 3.53. The zero-order chi connectivity index (χ0) is 12.4. The molecule has 17 heavy (non-hydrogen) atoms. The molecule has 2 rings (SSSR count). The third kappa shape index (κ3) is 2.37. The normalized spacial score (nSPS) is 28.6. The van der Waals surface area contributed by atoms with E-state index in [1.165, 1.54) is 24.4 Å². The zero-order valence-corrected chi connectivity index (χ0v) is 11.0. The Hall–Kier alpha value is -1.28. The molecule has 1 aliphatic carbocycles. The fourth-order valence-electron chi connectivity index (χ4n) is 2.46. The third-order valence-corrected chi connectivity index (χ3v) is 4.65. The van der Waals surface area contributed by atoms with Crippen molar-refractivity contribution in [2.24, 2.45) is 11.8 Å². The molecule has 3 unspecified atom stereocenters. The Morgan fingerprint density at radius 3 is 2.94 bits per heavy atom. The summed E-state index contributed by atoms with van der Waals surface area (Å²) in [6, 6.07) is 2.56. The number of nitrogen functional groups attached to an aromatic ring is 1. The van der Waals surface area contributed by atoms with E-state index in [2.05, 4.69) is 29.6 Å². The van der Waals surface area contributed by atoms with Crippen LogP contribution in [0.4, 0.5) is 10.8 Å². The van der Waals surface area contributed by atoms with E-state index in [0.29, 0.717) is 23.3 Å². The summed E-state index contributed by atoms with van der Waals surface area (Å²) >= 11 is 1.29. The SMILES string of the molecule is CC1CCCC(Nc2snc(N)c2C#N)C1C. The molecule has 0 amide bonds. The predicted molar refractivity (Wildman–Crippen MR) is 70.8 cm³/mol. The number of aromatic nitrogens is 1. The number of rotatable bonds is 2. The molecular formula is C12H18N4S. The van der Waals surface area contributed by atoms with Crippen molar-refractivity contribution >= 4 is 22.4 Å². The molecule has 1 saturated carbocycles. The van der Waals surface area contributed by atoms with Gasteiger partial charge in [-0.2, -0.15) is 9.64 Å². The van der Waals surface area contributed by atoms with Gasteiger partial charge in [0.1, 0.15) is 16.6 Å². The van der Waals surface area contributed by atoms with E-state index < -0.39 is 0 Å². The van der Waals surface area contributed by atoms with Gasteiger partial charge in [0, 0.05) is 6.04 Å². The predicted octanol–water partition coefficient (Wildman–Crippen LogP) is 2.83. The first kappa shape index (κ1) is 12.2. The second-order valence-corrected chi connectivity index (χ2v) is 5.68. The molecule has 3 atom stereocenters. The molecule has 1 aromatic rings. The molecule has 92 valence electrons. The lowest BCUT2D eigenvalue weighted by Crippen LogP contribution is -2.34. The Morgan fingerprint density at radius 2 is 2.24 bits per heavy atom. The molecule has 5 heteroatoms.